The Bertz CT molecular complexity index is 510. The largest absolute Gasteiger partial charge is 0.348 e. The molecule has 0 atom stereocenters. The highest BCUT2D eigenvalue weighted by atomic mass is 35.5. The average molecular weight is 255 g/mol. The van der Waals surface area contributed by atoms with Gasteiger partial charge in [-0.15, -0.1) is 11.3 Å². The lowest BCUT2D eigenvalue weighted by Gasteiger charge is -2.25. The van der Waals surface area contributed by atoms with Gasteiger partial charge in [0.25, 0.3) is 5.91 Å². The number of aromatic nitrogens is 1. The molecule has 0 bridgehead atoms. The van der Waals surface area contributed by atoms with Gasteiger partial charge in [0.1, 0.15) is 10.5 Å². The summed E-state index contributed by atoms with van der Waals surface area (Å²) in [7, 11) is 0. The summed E-state index contributed by atoms with van der Waals surface area (Å²) in [5, 5.41) is 4.01. The van der Waals surface area contributed by atoms with E-state index in [4.69, 9.17) is 11.6 Å². The number of nitrogens with one attached hydrogen (secondary N) is 2. The number of hydrogen-bond donors (Lipinski definition) is 2. The zero-order valence-electron chi connectivity index (χ0n) is 8.55. The molecule has 1 fully saturated rings. The van der Waals surface area contributed by atoms with Crippen LogP contribution in [-0.4, -0.2) is 16.9 Å². The van der Waals surface area contributed by atoms with Crippen molar-refractivity contribution < 1.29 is 4.79 Å². The van der Waals surface area contributed by atoms with Gasteiger partial charge in [0.05, 0.1) is 4.34 Å². The Morgan fingerprint density at radius 1 is 1.50 bits per heavy atom. The predicted molar refractivity (Wildman–Crippen MR) is 66.3 cm³/mol. The lowest BCUT2D eigenvalue weighted by molar-refractivity contribution is 0.0913. The maximum atomic E-state index is 11.8. The van der Waals surface area contributed by atoms with E-state index in [1.807, 2.05) is 12.1 Å². The number of H-pyrrole nitrogens is 1. The molecule has 3 rings (SSSR count). The second kappa shape index (κ2) is 3.79. The summed E-state index contributed by atoms with van der Waals surface area (Å²) < 4.78 is 0.743. The molecule has 1 saturated carbocycles. The van der Waals surface area contributed by atoms with Crippen LogP contribution in [0.5, 0.6) is 0 Å². The Morgan fingerprint density at radius 3 is 2.94 bits per heavy atom. The molecule has 0 unspecified atom stereocenters. The molecule has 0 saturated heterocycles. The highest BCUT2D eigenvalue weighted by Crippen LogP contribution is 2.29. The first-order chi connectivity index (χ1) is 7.72. The normalized spacial score (nSPS) is 16.3. The molecular formula is C11H11ClN2OS. The fourth-order valence-electron chi connectivity index (χ4n) is 1.83. The highest BCUT2D eigenvalue weighted by molar-refractivity contribution is 7.22. The Kier molecular flexibility index (Phi) is 2.41. The summed E-state index contributed by atoms with van der Waals surface area (Å²) in [6.45, 7) is 0. The topological polar surface area (TPSA) is 44.9 Å². The molecular weight excluding hydrogens is 244 g/mol. The quantitative estimate of drug-likeness (QED) is 0.850. The van der Waals surface area contributed by atoms with Crippen LogP contribution in [0.2, 0.25) is 4.34 Å². The fraction of sp³-hybridized carbons (Fsp3) is 0.364. The third kappa shape index (κ3) is 1.72. The first kappa shape index (κ1) is 10.2. The molecule has 2 N–H and O–H groups in total. The molecule has 2 aromatic rings. The van der Waals surface area contributed by atoms with Gasteiger partial charge >= 0.3 is 0 Å². The number of hydrogen-bond acceptors (Lipinski definition) is 2. The van der Waals surface area contributed by atoms with Crippen molar-refractivity contribution in [2.45, 2.75) is 25.3 Å². The Labute approximate surface area is 102 Å². The van der Waals surface area contributed by atoms with Gasteiger partial charge in [-0.05, 0) is 31.4 Å². The van der Waals surface area contributed by atoms with E-state index in [1.54, 1.807) is 0 Å². The molecule has 2 aromatic heterocycles. The van der Waals surface area contributed by atoms with Crippen LogP contribution in [0.25, 0.3) is 10.2 Å². The second-order valence-corrected chi connectivity index (χ2v) is 5.80. The average Bonchev–Trinajstić information content (AvgIpc) is 2.67. The third-order valence-corrected chi connectivity index (χ3v) is 4.16. The van der Waals surface area contributed by atoms with E-state index in [1.165, 1.54) is 17.8 Å². The predicted octanol–water partition coefficient (Wildman–Crippen LogP) is 3.17. The van der Waals surface area contributed by atoms with E-state index in [0.29, 0.717) is 11.7 Å². The lowest BCUT2D eigenvalue weighted by Crippen LogP contribution is -2.39. The smallest absolute Gasteiger partial charge is 0.267 e. The molecule has 84 valence electrons. The number of rotatable bonds is 2. The molecule has 1 amide bonds. The monoisotopic (exact) mass is 254 g/mol. The first-order valence-electron chi connectivity index (χ1n) is 5.31. The molecule has 2 heterocycles. The van der Waals surface area contributed by atoms with Gasteiger partial charge in [-0.2, -0.15) is 0 Å². The van der Waals surface area contributed by atoms with Crippen molar-refractivity contribution in [3.8, 4) is 0 Å². The van der Waals surface area contributed by atoms with Crippen LogP contribution in [0.1, 0.15) is 29.8 Å². The number of carbonyl (C=O) groups is 1. The van der Waals surface area contributed by atoms with Gasteiger partial charge in [0, 0.05) is 11.4 Å². The molecule has 16 heavy (non-hydrogen) atoms. The van der Waals surface area contributed by atoms with Gasteiger partial charge in [-0.1, -0.05) is 11.6 Å². The van der Waals surface area contributed by atoms with Crippen LogP contribution in [0.3, 0.4) is 0 Å². The van der Waals surface area contributed by atoms with E-state index in [2.05, 4.69) is 10.3 Å². The number of fused-ring (bicyclic) bond motifs is 1. The number of halogens is 1. The van der Waals surface area contributed by atoms with E-state index in [-0.39, 0.29) is 5.91 Å². The molecule has 0 aliphatic heterocycles. The van der Waals surface area contributed by atoms with Crippen LogP contribution >= 0.6 is 22.9 Å². The summed E-state index contributed by atoms with van der Waals surface area (Å²) in [5.41, 5.74) is 0.629. The van der Waals surface area contributed by atoms with Crippen molar-refractivity contribution in [3.63, 3.8) is 0 Å². The Hall–Kier alpha value is -1.00. The van der Waals surface area contributed by atoms with Crippen LogP contribution in [-0.2, 0) is 0 Å². The van der Waals surface area contributed by atoms with E-state index in [0.717, 1.165) is 27.4 Å². The third-order valence-electron chi connectivity index (χ3n) is 2.96. The summed E-state index contributed by atoms with van der Waals surface area (Å²) in [6, 6.07) is 4.10. The summed E-state index contributed by atoms with van der Waals surface area (Å²) in [4.78, 5) is 15.9. The van der Waals surface area contributed by atoms with Gasteiger partial charge in [-0.25, -0.2) is 0 Å². The summed E-state index contributed by atoms with van der Waals surface area (Å²) in [6.07, 6.45) is 3.43. The van der Waals surface area contributed by atoms with E-state index < -0.39 is 0 Å². The molecule has 3 nitrogen and oxygen atoms in total. The Balaban J connectivity index is 1.81. The maximum absolute atomic E-state index is 11.8. The van der Waals surface area contributed by atoms with E-state index in [9.17, 15) is 4.79 Å². The minimum atomic E-state index is -0.00998. The standard InChI is InChI=1S/C11H11ClN2OS/c12-9-5-6-4-8(14-11(6)16-9)10(15)13-7-2-1-3-7/h4-5,7,14H,1-3H2,(H,13,15). The Morgan fingerprint density at radius 2 is 2.31 bits per heavy atom. The van der Waals surface area contributed by atoms with Gasteiger partial charge < -0.3 is 10.3 Å². The van der Waals surface area contributed by atoms with Crippen LogP contribution in [0.15, 0.2) is 12.1 Å². The van der Waals surface area contributed by atoms with E-state index >= 15 is 0 Å². The number of aromatic amines is 1. The maximum Gasteiger partial charge on any atom is 0.267 e. The highest BCUT2D eigenvalue weighted by Gasteiger charge is 2.21. The van der Waals surface area contributed by atoms with Gasteiger partial charge in [0.15, 0.2) is 0 Å². The molecule has 0 aromatic carbocycles. The van der Waals surface area contributed by atoms with Crippen molar-refractivity contribution in [2.24, 2.45) is 0 Å². The zero-order valence-corrected chi connectivity index (χ0v) is 10.1. The van der Waals surface area contributed by atoms with Crippen molar-refractivity contribution in [1.82, 2.24) is 10.3 Å². The summed E-state index contributed by atoms with van der Waals surface area (Å²) >= 11 is 7.33. The van der Waals surface area contributed by atoms with Crippen LogP contribution < -0.4 is 5.32 Å². The van der Waals surface area contributed by atoms with Crippen molar-refractivity contribution in [2.75, 3.05) is 0 Å². The summed E-state index contributed by atoms with van der Waals surface area (Å²) in [5.74, 6) is -0.00998. The molecule has 5 heteroatoms. The molecule has 0 radical (unpaired) electrons. The molecule has 0 spiro atoms. The van der Waals surface area contributed by atoms with Crippen molar-refractivity contribution >= 4 is 39.1 Å². The van der Waals surface area contributed by atoms with Crippen molar-refractivity contribution in [3.05, 3.63) is 22.2 Å². The second-order valence-electron chi connectivity index (χ2n) is 4.12. The molecule has 1 aliphatic carbocycles. The minimum Gasteiger partial charge on any atom is -0.348 e. The van der Waals surface area contributed by atoms with Crippen molar-refractivity contribution in [1.29, 1.82) is 0 Å². The minimum absolute atomic E-state index is 0.00998. The first-order valence-corrected chi connectivity index (χ1v) is 6.51. The zero-order chi connectivity index (χ0) is 11.1. The number of carbonyl (C=O) groups excluding carboxylic acids is 1. The van der Waals surface area contributed by atoms with Crippen LogP contribution in [0, 0.1) is 0 Å². The van der Waals surface area contributed by atoms with Gasteiger partial charge in [-0.3, -0.25) is 4.79 Å². The number of amides is 1. The fourth-order valence-corrected chi connectivity index (χ4v) is 2.96. The van der Waals surface area contributed by atoms with Gasteiger partial charge in [0.2, 0.25) is 0 Å². The number of thiophene rings is 1. The lowest BCUT2D eigenvalue weighted by atomic mass is 9.93. The molecule has 1 aliphatic rings. The van der Waals surface area contributed by atoms with Crippen LogP contribution in [0.4, 0.5) is 0 Å². The SMILES string of the molecule is O=C(NC1CCC1)c1cc2cc(Cl)sc2[nH]1.